The molecule has 0 N–H and O–H groups in total. The zero-order chi connectivity index (χ0) is 13.2. The van der Waals surface area contributed by atoms with Crippen LogP contribution in [0.1, 0.15) is 31.4 Å². The van der Waals surface area contributed by atoms with Crippen LogP contribution in [-0.4, -0.2) is 27.8 Å². The SMILES string of the molecule is C[C@H](c1ccc(-c2cnn(C)c2)cc1)N1CCCC1. The summed E-state index contributed by atoms with van der Waals surface area (Å²) in [5.74, 6) is 0. The van der Waals surface area contributed by atoms with Crippen molar-refractivity contribution in [1.82, 2.24) is 14.7 Å². The maximum absolute atomic E-state index is 4.22. The predicted octanol–water partition coefficient (Wildman–Crippen LogP) is 3.24. The van der Waals surface area contributed by atoms with E-state index in [4.69, 9.17) is 0 Å². The van der Waals surface area contributed by atoms with Crippen LogP contribution >= 0.6 is 0 Å². The van der Waals surface area contributed by atoms with Crippen molar-refractivity contribution in [1.29, 1.82) is 0 Å². The lowest BCUT2D eigenvalue weighted by atomic mass is 10.0. The molecule has 2 heterocycles. The number of rotatable bonds is 3. The predicted molar refractivity (Wildman–Crippen MR) is 77.9 cm³/mol. The van der Waals surface area contributed by atoms with Gasteiger partial charge in [-0.05, 0) is 44.0 Å². The molecule has 1 fully saturated rings. The third-order valence-electron chi connectivity index (χ3n) is 4.12. The molecular weight excluding hydrogens is 234 g/mol. The molecule has 0 bridgehead atoms. The van der Waals surface area contributed by atoms with Crippen LogP contribution in [0.15, 0.2) is 36.7 Å². The van der Waals surface area contributed by atoms with Crippen molar-refractivity contribution >= 4 is 0 Å². The Morgan fingerprint density at radius 2 is 1.74 bits per heavy atom. The molecular formula is C16H21N3. The van der Waals surface area contributed by atoms with Crippen LogP contribution in [-0.2, 0) is 7.05 Å². The number of hydrogen-bond donors (Lipinski definition) is 0. The second kappa shape index (κ2) is 5.17. The van der Waals surface area contributed by atoms with Crippen LogP contribution in [0, 0.1) is 0 Å². The molecule has 3 nitrogen and oxygen atoms in total. The van der Waals surface area contributed by atoms with E-state index in [0.717, 1.165) is 0 Å². The van der Waals surface area contributed by atoms with Gasteiger partial charge in [0.15, 0.2) is 0 Å². The van der Waals surface area contributed by atoms with Crippen LogP contribution in [0.5, 0.6) is 0 Å². The van der Waals surface area contributed by atoms with Gasteiger partial charge in [0.2, 0.25) is 0 Å². The fourth-order valence-corrected chi connectivity index (χ4v) is 2.86. The number of likely N-dealkylation sites (tertiary alicyclic amines) is 1. The summed E-state index contributed by atoms with van der Waals surface area (Å²) in [5.41, 5.74) is 3.84. The maximum atomic E-state index is 4.22. The van der Waals surface area contributed by atoms with Gasteiger partial charge in [0.1, 0.15) is 0 Å². The van der Waals surface area contributed by atoms with Gasteiger partial charge in [-0.15, -0.1) is 0 Å². The van der Waals surface area contributed by atoms with Crippen molar-refractivity contribution in [3.8, 4) is 11.1 Å². The molecule has 1 saturated heterocycles. The Morgan fingerprint density at radius 3 is 2.32 bits per heavy atom. The first-order valence-corrected chi connectivity index (χ1v) is 7.07. The first-order valence-electron chi connectivity index (χ1n) is 7.07. The second-order valence-corrected chi connectivity index (χ2v) is 5.44. The average Bonchev–Trinajstić information content (AvgIpc) is 3.09. The Morgan fingerprint density at radius 1 is 1.05 bits per heavy atom. The summed E-state index contributed by atoms with van der Waals surface area (Å²) in [6.45, 7) is 4.79. The van der Waals surface area contributed by atoms with E-state index in [9.17, 15) is 0 Å². The molecule has 0 spiro atoms. The van der Waals surface area contributed by atoms with Gasteiger partial charge in [-0.25, -0.2) is 0 Å². The Labute approximate surface area is 114 Å². The molecule has 100 valence electrons. The van der Waals surface area contributed by atoms with E-state index >= 15 is 0 Å². The second-order valence-electron chi connectivity index (χ2n) is 5.44. The molecule has 1 aliphatic heterocycles. The van der Waals surface area contributed by atoms with Crippen molar-refractivity contribution in [2.75, 3.05) is 13.1 Å². The minimum absolute atomic E-state index is 0.533. The van der Waals surface area contributed by atoms with Gasteiger partial charge < -0.3 is 0 Å². The van der Waals surface area contributed by atoms with Crippen LogP contribution in [0.2, 0.25) is 0 Å². The quantitative estimate of drug-likeness (QED) is 0.839. The van der Waals surface area contributed by atoms with E-state index in [2.05, 4.69) is 47.4 Å². The molecule has 2 aromatic rings. The molecule has 0 saturated carbocycles. The molecule has 1 aliphatic rings. The van der Waals surface area contributed by atoms with E-state index < -0.39 is 0 Å². The number of aromatic nitrogens is 2. The molecule has 1 aromatic carbocycles. The number of aryl methyl sites for hydroxylation is 1. The fraction of sp³-hybridized carbons (Fsp3) is 0.438. The molecule has 3 rings (SSSR count). The molecule has 0 unspecified atom stereocenters. The lowest BCUT2D eigenvalue weighted by Crippen LogP contribution is -2.23. The van der Waals surface area contributed by atoms with E-state index in [1.807, 2.05) is 17.9 Å². The lowest BCUT2D eigenvalue weighted by Gasteiger charge is -2.24. The van der Waals surface area contributed by atoms with Crippen LogP contribution < -0.4 is 0 Å². The van der Waals surface area contributed by atoms with E-state index in [0.29, 0.717) is 6.04 Å². The van der Waals surface area contributed by atoms with Crippen LogP contribution in [0.3, 0.4) is 0 Å². The number of hydrogen-bond acceptors (Lipinski definition) is 2. The highest BCUT2D eigenvalue weighted by Gasteiger charge is 2.19. The Hall–Kier alpha value is -1.61. The summed E-state index contributed by atoms with van der Waals surface area (Å²) >= 11 is 0. The molecule has 19 heavy (non-hydrogen) atoms. The topological polar surface area (TPSA) is 21.1 Å². The molecule has 0 aliphatic carbocycles. The van der Waals surface area contributed by atoms with Gasteiger partial charge in [-0.3, -0.25) is 9.58 Å². The molecule has 3 heteroatoms. The third kappa shape index (κ3) is 2.56. The summed E-state index contributed by atoms with van der Waals surface area (Å²) < 4.78 is 1.84. The average molecular weight is 255 g/mol. The Balaban J connectivity index is 1.78. The van der Waals surface area contributed by atoms with Gasteiger partial charge in [0, 0.05) is 24.8 Å². The molecule has 0 amide bonds. The van der Waals surface area contributed by atoms with Gasteiger partial charge in [0.25, 0.3) is 0 Å². The maximum Gasteiger partial charge on any atom is 0.0568 e. The standard InChI is InChI=1S/C16H21N3/c1-13(19-9-3-4-10-19)14-5-7-15(8-6-14)16-11-17-18(2)12-16/h5-8,11-13H,3-4,9-10H2,1-2H3/t13-/m1/s1. The third-order valence-corrected chi connectivity index (χ3v) is 4.12. The smallest absolute Gasteiger partial charge is 0.0568 e. The minimum Gasteiger partial charge on any atom is -0.297 e. The van der Waals surface area contributed by atoms with E-state index in [-0.39, 0.29) is 0 Å². The van der Waals surface area contributed by atoms with Crippen LogP contribution in [0.25, 0.3) is 11.1 Å². The minimum atomic E-state index is 0.533. The highest BCUT2D eigenvalue weighted by Crippen LogP contribution is 2.26. The normalized spacial score (nSPS) is 17.8. The monoisotopic (exact) mass is 255 g/mol. The molecule has 0 radical (unpaired) electrons. The van der Waals surface area contributed by atoms with Gasteiger partial charge in [-0.2, -0.15) is 5.10 Å². The number of benzene rings is 1. The summed E-state index contributed by atoms with van der Waals surface area (Å²) in [5, 5.41) is 4.22. The summed E-state index contributed by atoms with van der Waals surface area (Å²) in [7, 11) is 1.95. The summed E-state index contributed by atoms with van der Waals surface area (Å²) in [6, 6.07) is 9.46. The van der Waals surface area contributed by atoms with Gasteiger partial charge in [0.05, 0.1) is 6.20 Å². The van der Waals surface area contributed by atoms with E-state index in [1.165, 1.54) is 42.6 Å². The summed E-state index contributed by atoms with van der Waals surface area (Å²) in [6.07, 6.45) is 6.66. The van der Waals surface area contributed by atoms with Gasteiger partial charge >= 0.3 is 0 Å². The molecule has 1 atom stereocenters. The van der Waals surface area contributed by atoms with Gasteiger partial charge in [-0.1, -0.05) is 24.3 Å². The lowest BCUT2D eigenvalue weighted by molar-refractivity contribution is 0.263. The largest absolute Gasteiger partial charge is 0.297 e. The Bertz CT molecular complexity index is 535. The Kier molecular flexibility index (Phi) is 3.38. The van der Waals surface area contributed by atoms with Crippen molar-refractivity contribution in [2.24, 2.45) is 7.05 Å². The highest BCUT2D eigenvalue weighted by molar-refractivity contribution is 5.62. The van der Waals surface area contributed by atoms with Crippen LogP contribution in [0.4, 0.5) is 0 Å². The summed E-state index contributed by atoms with van der Waals surface area (Å²) in [4.78, 5) is 2.57. The zero-order valence-corrected chi connectivity index (χ0v) is 11.7. The fourth-order valence-electron chi connectivity index (χ4n) is 2.86. The van der Waals surface area contributed by atoms with Crippen molar-refractivity contribution in [2.45, 2.75) is 25.8 Å². The van der Waals surface area contributed by atoms with Crippen molar-refractivity contribution < 1.29 is 0 Å². The van der Waals surface area contributed by atoms with Crippen molar-refractivity contribution in [3.05, 3.63) is 42.2 Å². The highest BCUT2D eigenvalue weighted by atomic mass is 15.2. The van der Waals surface area contributed by atoms with E-state index in [1.54, 1.807) is 0 Å². The molecule has 1 aromatic heterocycles. The number of nitrogens with zero attached hydrogens (tertiary/aromatic N) is 3. The first kappa shape index (κ1) is 12.4. The van der Waals surface area contributed by atoms with Crippen molar-refractivity contribution in [3.63, 3.8) is 0 Å². The zero-order valence-electron chi connectivity index (χ0n) is 11.7. The first-order chi connectivity index (χ1) is 9.24.